The van der Waals surface area contributed by atoms with Crippen molar-refractivity contribution in [2.45, 2.75) is 87.9 Å². The van der Waals surface area contributed by atoms with Gasteiger partial charge in [-0.3, -0.25) is 0 Å². The molecular weight excluding hydrogens is 647 g/mol. The van der Waals surface area contributed by atoms with E-state index in [1.165, 1.54) is 46.2 Å². The van der Waals surface area contributed by atoms with E-state index in [0.717, 1.165) is 12.8 Å². The first-order valence-electron chi connectivity index (χ1n) is 18.2. The fraction of sp³-hybridized carbons (Fsp3) is 0.292. The van der Waals surface area contributed by atoms with Gasteiger partial charge in [-0.1, -0.05) is 173 Å². The largest absolute Gasteiger partial charge is 1.00 e. The molecule has 260 valence electrons. The minimum absolute atomic E-state index is 0. The van der Waals surface area contributed by atoms with E-state index in [9.17, 15) is 0 Å². The molecule has 4 aromatic rings. The second kappa shape index (κ2) is 18.2. The molecular formula is C48H58Li2Si2. The van der Waals surface area contributed by atoms with Crippen LogP contribution < -0.4 is 37.7 Å². The van der Waals surface area contributed by atoms with Gasteiger partial charge in [0.25, 0.3) is 0 Å². The zero-order valence-electron chi connectivity index (χ0n) is 33.8. The molecule has 0 fully saturated rings. The van der Waals surface area contributed by atoms with Crippen LogP contribution in [0.1, 0.15) is 93.1 Å². The summed E-state index contributed by atoms with van der Waals surface area (Å²) < 4.78 is 0. The molecule has 0 saturated heterocycles. The molecule has 4 aliphatic carbocycles. The summed E-state index contributed by atoms with van der Waals surface area (Å²) in [6.07, 6.45) is 19.3. The molecule has 0 spiro atoms. The van der Waals surface area contributed by atoms with Crippen LogP contribution in [0.5, 0.6) is 0 Å². The van der Waals surface area contributed by atoms with Crippen LogP contribution in [0.3, 0.4) is 0 Å². The van der Waals surface area contributed by atoms with Crippen molar-refractivity contribution in [3.05, 3.63) is 181 Å². The fourth-order valence-electron chi connectivity index (χ4n) is 8.53. The van der Waals surface area contributed by atoms with Crippen LogP contribution in [0, 0.1) is 14.9 Å². The molecule has 0 radical (unpaired) electrons. The van der Waals surface area contributed by atoms with Crippen LogP contribution in [0.15, 0.2) is 121 Å². The Balaban J connectivity index is 0.000000271. The Kier molecular flexibility index (Phi) is 15.4. The van der Waals surface area contributed by atoms with E-state index in [0.29, 0.717) is 22.9 Å². The Morgan fingerprint density at radius 3 is 1.13 bits per heavy atom. The quantitative estimate of drug-likeness (QED) is 0.128. The molecule has 52 heavy (non-hydrogen) atoms. The molecule has 0 bridgehead atoms. The first-order chi connectivity index (χ1) is 23.1. The standard InChI is InChI=1S/C26H34Si2.C20H18.2CH3.2Li/c1-27(2,3)25-17-19(21-11-7-9-13-23(21)25)15-16-20-18-26(28(4,5)6)24-14-10-8-12-22(20)24;1-3-7-19-15(5-1)9-11-17(19)13-14-18-12-10-16-6-2-4-8-20(16)18;;;;/h7-14,17-18,25-26H,15-16H2,1-6H3;1-12,17-18H,13-14H2;2*1H3;;/q;;2*-1;2*+1. The molecule has 0 nitrogen and oxygen atoms in total. The molecule has 0 aromatic heterocycles. The second-order valence-electron chi connectivity index (χ2n) is 16.5. The van der Waals surface area contributed by atoms with Crippen LogP contribution in [0.2, 0.25) is 39.3 Å². The Bertz CT molecular complexity index is 1790. The van der Waals surface area contributed by atoms with Gasteiger partial charge in [-0.25, -0.2) is 0 Å². The van der Waals surface area contributed by atoms with Crippen molar-refractivity contribution in [3.63, 3.8) is 0 Å². The van der Waals surface area contributed by atoms with Gasteiger partial charge in [-0.2, -0.15) is 0 Å². The van der Waals surface area contributed by atoms with Crippen molar-refractivity contribution in [1.29, 1.82) is 0 Å². The van der Waals surface area contributed by atoms with E-state index in [1.54, 1.807) is 22.3 Å². The maximum absolute atomic E-state index is 2.62. The predicted molar refractivity (Wildman–Crippen MR) is 229 cm³/mol. The summed E-state index contributed by atoms with van der Waals surface area (Å²) in [7, 11) is -2.51. The molecule has 0 heterocycles. The molecule has 0 saturated carbocycles. The summed E-state index contributed by atoms with van der Waals surface area (Å²) >= 11 is 0. The number of benzene rings is 4. The van der Waals surface area contributed by atoms with Crippen molar-refractivity contribution in [1.82, 2.24) is 0 Å². The van der Waals surface area contributed by atoms with Gasteiger partial charge >= 0.3 is 37.7 Å². The number of hydrogen-bond acceptors (Lipinski definition) is 0. The molecule has 4 heteroatoms. The fourth-order valence-corrected chi connectivity index (χ4v) is 12.3. The van der Waals surface area contributed by atoms with Gasteiger partial charge in [0.1, 0.15) is 0 Å². The van der Waals surface area contributed by atoms with E-state index in [4.69, 9.17) is 0 Å². The minimum Gasteiger partial charge on any atom is -0.358 e. The van der Waals surface area contributed by atoms with Gasteiger partial charge in [0.2, 0.25) is 0 Å². The number of allylic oxidation sites excluding steroid dienone is 6. The van der Waals surface area contributed by atoms with Crippen molar-refractivity contribution in [3.8, 4) is 0 Å². The average molecular weight is 705 g/mol. The Morgan fingerprint density at radius 2 is 0.769 bits per heavy atom. The number of fused-ring (bicyclic) bond motifs is 4. The zero-order valence-corrected chi connectivity index (χ0v) is 35.8. The van der Waals surface area contributed by atoms with Gasteiger partial charge < -0.3 is 14.9 Å². The summed E-state index contributed by atoms with van der Waals surface area (Å²) in [5, 5.41) is 0. The third-order valence-corrected chi connectivity index (χ3v) is 15.8. The third kappa shape index (κ3) is 9.21. The third-order valence-electron chi connectivity index (χ3n) is 11.1. The summed E-state index contributed by atoms with van der Waals surface area (Å²) in [4.78, 5) is 0. The van der Waals surface area contributed by atoms with Crippen molar-refractivity contribution in [2.24, 2.45) is 0 Å². The van der Waals surface area contributed by atoms with Gasteiger partial charge in [-0.05, 0) is 92.4 Å². The Labute approximate surface area is 343 Å². The predicted octanol–water partition coefficient (Wildman–Crippen LogP) is 8.18. The SMILES string of the molecule is C1=CC(CCC2C=Cc3ccccc32)c2ccccc21.C[Si](C)(C)C1C=C(CCC2=CC([Si](C)(C)C)c3ccccc32)c2ccccc21.[CH3-].[CH3-].[Li+].[Li+]. The van der Waals surface area contributed by atoms with Crippen LogP contribution in [-0.4, -0.2) is 16.1 Å². The van der Waals surface area contributed by atoms with E-state index in [2.05, 4.69) is 173 Å². The first-order valence-corrected chi connectivity index (χ1v) is 25.4. The van der Waals surface area contributed by atoms with Gasteiger partial charge in [0, 0.05) is 11.8 Å². The molecule has 4 atom stereocenters. The summed E-state index contributed by atoms with van der Waals surface area (Å²) in [5.74, 6) is 1.21. The van der Waals surface area contributed by atoms with Gasteiger partial charge in [0.15, 0.2) is 0 Å². The van der Waals surface area contributed by atoms with Gasteiger partial charge in [-0.15, -0.1) is 0 Å². The average Bonchev–Trinajstić information content (AvgIpc) is 3.86. The second-order valence-corrected chi connectivity index (χ2v) is 27.2. The summed E-state index contributed by atoms with van der Waals surface area (Å²) in [5.41, 5.74) is 16.5. The van der Waals surface area contributed by atoms with Crippen LogP contribution in [-0.2, 0) is 0 Å². The van der Waals surface area contributed by atoms with E-state index < -0.39 is 16.1 Å². The Morgan fingerprint density at radius 1 is 0.442 bits per heavy atom. The van der Waals surface area contributed by atoms with E-state index in [1.807, 2.05) is 0 Å². The van der Waals surface area contributed by atoms with Crippen molar-refractivity contribution < 1.29 is 37.7 Å². The smallest absolute Gasteiger partial charge is 0.358 e. The molecule has 0 N–H and O–H groups in total. The molecule has 4 aliphatic rings. The number of rotatable bonds is 8. The van der Waals surface area contributed by atoms with Gasteiger partial charge in [0.05, 0.1) is 16.1 Å². The van der Waals surface area contributed by atoms with Crippen LogP contribution in [0.4, 0.5) is 0 Å². The maximum atomic E-state index is 2.62. The maximum Gasteiger partial charge on any atom is 1.00 e. The molecule has 4 unspecified atom stereocenters. The molecule has 8 rings (SSSR count). The number of hydrogen-bond donors (Lipinski definition) is 0. The topological polar surface area (TPSA) is 0 Å². The monoisotopic (exact) mass is 704 g/mol. The first kappa shape index (κ1) is 43.9. The molecule has 4 aromatic carbocycles. The Hall–Kier alpha value is -2.53. The van der Waals surface area contributed by atoms with E-state index in [-0.39, 0.29) is 52.6 Å². The summed E-state index contributed by atoms with van der Waals surface area (Å²) in [6, 6.07) is 35.9. The van der Waals surface area contributed by atoms with Crippen molar-refractivity contribution in [2.75, 3.05) is 0 Å². The van der Waals surface area contributed by atoms with Crippen LogP contribution >= 0.6 is 0 Å². The van der Waals surface area contributed by atoms with Crippen molar-refractivity contribution >= 4 is 39.4 Å². The normalized spacial score (nSPS) is 19.9. The molecule has 0 aliphatic heterocycles. The van der Waals surface area contributed by atoms with Crippen LogP contribution in [0.25, 0.3) is 23.3 Å². The molecule has 0 amide bonds. The zero-order chi connectivity index (χ0) is 33.5. The van der Waals surface area contributed by atoms with E-state index >= 15 is 0 Å². The minimum atomic E-state index is -1.26. The summed E-state index contributed by atoms with van der Waals surface area (Å²) in [6.45, 7) is 15.0.